The number of rotatable bonds is 74. The van der Waals surface area contributed by atoms with Crippen LogP contribution in [0.1, 0.15) is 349 Å². The molecule has 0 radical (unpaired) electrons. The lowest BCUT2D eigenvalue weighted by molar-refractivity contribution is -0.161. The van der Waals surface area contributed by atoms with Crippen molar-refractivity contribution >= 4 is 39.5 Å². The molecule has 5 atom stereocenters. The zero-order valence-corrected chi connectivity index (χ0v) is 64.0. The van der Waals surface area contributed by atoms with Gasteiger partial charge in [-0.1, -0.05) is 255 Å². The number of unbranched alkanes of at least 4 members (excludes halogenated alkanes) is 36. The molecule has 0 saturated carbocycles. The number of phosphoric ester groups is 2. The average molecular weight is 1430 g/mol. The van der Waals surface area contributed by atoms with E-state index in [4.69, 9.17) is 37.0 Å². The molecule has 0 bridgehead atoms. The highest BCUT2D eigenvalue weighted by molar-refractivity contribution is 7.47. The normalized spacial score (nSPS) is 14.3. The van der Waals surface area contributed by atoms with Crippen molar-refractivity contribution in [1.82, 2.24) is 0 Å². The first-order chi connectivity index (χ1) is 47.7. The lowest BCUT2D eigenvalue weighted by atomic mass is 10.1. The zero-order valence-electron chi connectivity index (χ0n) is 62.2. The fraction of sp³-hybridized carbons (Fsp3) is 0.797. The van der Waals surface area contributed by atoms with Gasteiger partial charge < -0.3 is 33.8 Å². The maximum atomic E-state index is 13.1. The predicted molar refractivity (Wildman–Crippen MR) is 400 cm³/mol. The quantitative estimate of drug-likeness (QED) is 0.0169. The number of phosphoric acid groups is 2. The summed E-state index contributed by atoms with van der Waals surface area (Å²) in [5.41, 5.74) is 0. The highest BCUT2D eigenvalue weighted by atomic mass is 31.2. The Morgan fingerprint density at radius 3 is 0.786 bits per heavy atom. The van der Waals surface area contributed by atoms with Crippen molar-refractivity contribution in [1.29, 1.82) is 0 Å². The molecule has 0 aliphatic carbocycles. The number of hydrogen-bond donors (Lipinski definition) is 3. The van der Waals surface area contributed by atoms with E-state index in [1.807, 2.05) is 0 Å². The number of aliphatic hydroxyl groups excluding tert-OH is 1. The summed E-state index contributed by atoms with van der Waals surface area (Å²) >= 11 is 0. The van der Waals surface area contributed by atoms with Gasteiger partial charge in [-0.05, 0) is 141 Å². The van der Waals surface area contributed by atoms with Crippen LogP contribution in [0.2, 0.25) is 0 Å². The molecule has 3 N–H and O–H groups in total. The van der Waals surface area contributed by atoms with E-state index in [1.54, 1.807) is 0 Å². The van der Waals surface area contributed by atoms with Crippen LogP contribution in [-0.4, -0.2) is 96.7 Å². The fourth-order valence-corrected chi connectivity index (χ4v) is 12.1. The summed E-state index contributed by atoms with van der Waals surface area (Å²) in [4.78, 5) is 72.9. The standard InChI is InChI=1S/C79H142O17P2/c1-5-9-13-17-21-25-29-33-36-40-44-48-52-56-60-64-77(82)90-70-75(96-79(84)66-62-58-54-50-46-42-38-35-31-27-23-19-15-11-7-3)72-94-98(87,88)92-68-73(80)67-91-97(85,86)93-71-74(69-89-76(81)63-59-55-51-47-43-39-32-28-24-20-16-12-8-4)95-78(83)65-61-57-53-49-45-41-37-34-30-26-22-18-14-10-6-2/h21,23,25-28,30,32-33,35-36,38,73-75,80H,5-20,22,24,29,31,34,37,39-72H2,1-4H3,(H,85,86)(H,87,88)/b25-21-,27-23-,30-26-,32-28-,36-33-,38-35-/t73-,74+,75+/m0/s1. The molecule has 2 unspecified atom stereocenters. The number of aliphatic hydroxyl groups is 1. The molecule has 0 saturated heterocycles. The van der Waals surface area contributed by atoms with Crippen LogP contribution in [-0.2, 0) is 65.4 Å². The Bertz CT molecular complexity index is 2140. The third-order valence-electron chi connectivity index (χ3n) is 16.6. The van der Waals surface area contributed by atoms with Crippen molar-refractivity contribution in [3.8, 4) is 0 Å². The fourth-order valence-electron chi connectivity index (χ4n) is 10.6. The van der Waals surface area contributed by atoms with Crippen molar-refractivity contribution in [3.05, 3.63) is 72.9 Å². The topological polar surface area (TPSA) is 237 Å². The van der Waals surface area contributed by atoms with E-state index in [0.717, 1.165) is 180 Å². The van der Waals surface area contributed by atoms with Crippen molar-refractivity contribution in [2.24, 2.45) is 0 Å². The Morgan fingerprint density at radius 1 is 0.286 bits per heavy atom. The van der Waals surface area contributed by atoms with Crippen molar-refractivity contribution in [3.63, 3.8) is 0 Å². The van der Waals surface area contributed by atoms with Gasteiger partial charge in [0, 0.05) is 25.7 Å². The summed E-state index contributed by atoms with van der Waals surface area (Å²) in [5.74, 6) is -2.20. The Labute approximate surface area is 596 Å². The van der Waals surface area contributed by atoms with Gasteiger partial charge in [0.15, 0.2) is 12.2 Å². The Morgan fingerprint density at radius 2 is 0.500 bits per heavy atom. The Kier molecular flexibility index (Phi) is 69.3. The number of esters is 4. The van der Waals surface area contributed by atoms with Gasteiger partial charge in [-0.25, -0.2) is 9.13 Å². The molecule has 570 valence electrons. The van der Waals surface area contributed by atoms with Crippen molar-refractivity contribution in [2.45, 2.75) is 367 Å². The molecule has 0 rings (SSSR count). The summed E-state index contributed by atoms with van der Waals surface area (Å²) in [6.45, 7) is 4.79. The molecular weight excluding hydrogens is 1280 g/mol. The molecule has 0 spiro atoms. The van der Waals surface area contributed by atoms with E-state index in [1.165, 1.54) is 89.9 Å². The number of carbonyl (C=O) groups excluding carboxylic acids is 4. The van der Waals surface area contributed by atoms with E-state index in [9.17, 15) is 43.2 Å². The summed E-state index contributed by atoms with van der Waals surface area (Å²) < 4.78 is 68.5. The van der Waals surface area contributed by atoms with E-state index in [2.05, 4.69) is 101 Å². The van der Waals surface area contributed by atoms with Crippen LogP contribution in [0.15, 0.2) is 72.9 Å². The molecule has 0 heterocycles. The molecule has 0 aliphatic rings. The first-order valence-corrected chi connectivity index (χ1v) is 42.2. The monoisotopic (exact) mass is 1420 g/mol. The first kappa shape index (κ1) is 94.5. The summed E-state index contributed by atoms with van der Waals surface area (Å²) in [5, 5.41) is 10.6. The molecular formula is C79H142O17P2. The molecule has 0 aromatic heterocycles. The van der Waals surface area contributed by atoms with E-state index in [0.29, 0.717) is 25.7 Å². The molecule has 0 fully saturated rings. The second kappa shape index (κ2) is 71.9. The van der Waals surface area contributed by atoms with Crippen LogP contribution in [0.5, 0.6) is 0 Å². The van der Waals surface area contributed by atoms with Gasteiger partial charge in [0.05, 0.1) is 26.4 Å². The van der Waals surface area contributed by atoms with Gasteiger partial charge in [-0.2, -0.15) is 0 Å². The minimum atomic E-state index is -4.98. The molecule has 0 aromatic rings. The van der Waals surface area contributed by atoms with E-state index >= 15 is 0 Å². The van der Waals surface area contributed by atoms with Gasteiger partial charge in [-0.3, -0.25) is 37.3 Å². The summed E-state index contributed by atoms with van der Waals surface area (Å²) in [6, 6.07) is 0. The molecule has 0 aliphatic heterocycles. The first-order valence-electron chi connectivity index (χ1n) is 39.2. The smallest absolute Gasteiger partial charge is 0.462 e. The number of carbonyl (C=O) groups is 4. The number of allylic oxidation sites excluding steroid dienone is 12. The third kappa shape index (κ3) is 70.9. The lowest BCUT2D eigenvalue weighted by Gasteiger charge is -2.21. The van der Waals surface area contributed by atoms with Gasteiger partial charge in [-0.15, -0.1) is 0 Å². The van der Waals surface area contributed by atoms with Crippen molar-refractivity contribution < 1.29 is 80.2 Å². The lowest BCUT2D eigenvalue weighted by Crippen LogP contribution is -2.30. The molecule has 0 aromatic carbocycles. The zero-order chi connectivity index (χ0) is 71.8. The Hall–Kier alpha value is -3.50. The molecule has 98 heavy (non-hydrogen) atoms. The average Bonchev–Trinajstić information content (AvgIpc) is 1.04. The van der Waals surface area contributed by atoms with Crippen LogP contribution in [0.4, 0.5) is 0 Å². The molecule has 0 amide bonds. The summed E-state index contributed by atoms with van der Waals surface area (Å²) in [7, 11) is -9.95. The van der Waals surface area contributed by atoms with Gasteiger partial charge in [0.1, 0.15) is 19.3 Å². The maximum Gasteiger partial charge on any atom is 0.472 e. The molecule has 17 nitrogen and oxygen atoms in total. The van der Waals surface area contributed by atoms with Crippen molar-refractivity contribution in [2.75, 3.05) is 39.6 Å². The van der Waals surface area contributed by atoms with E-state index in [-0.39, 0.29) is 25.7 Å². The number of ether oxygens (including phenoxy) is 4. The van der Waals surface area contributed by atoms with Gasteiger partial charge in [0.2, 0.25) is 0 Å². The minimum absolute atomic E-state index is 0.0780. The number of hydrogen-bond acceptors (Lipinski definition) is 15. The third-order valence-corrected chi connectivity index (χ3v) is 18.5. The van der Waals surface area contributed by atoms with Gasteiger partial charge in [0.25, 0.3) is 0 Å². The SMILES string of the molecule is CCCCC/C=C\C/C=C\CCCCCCCC(=O)OC[C@H](COP(=O)(O)OC[C@@H](O)COP(=O)(O)OC[C@@H](COC(=O)CCCCCCC/C=C\CCCCCC)OC(=O)CCCCCCCCC/C=C\CCCCCC)OC(=O)CCCCCCC/C=C\C/C=C\CCCCC. The van der Waals surface area contributed by atoms with Crippen LogP contribution in [0, 0.1) is 0 Å². The second-order valence-corrected chi connectivity index (χ2v) is 29.2. The highest BCUT2D eigenvalue weighted by Gasteiger charge is 2.30. The second-order valence-electron chi connectivity index (χ2n) is 26.3. The van der Waals surface area contributed by atoms with Crippen LogP contribution < -0.4 is 0 Å². The van der Waals surface area contributed by atoms with Crippen LogP contribution in [0.25, 0.3) is 0 Å². The predicted octanol–water partition coefficient (Wildman–Crippen LogP) is 22.4. The molecule has 19 heteroatoms. The van der Waals surface area contributed by atoms with Gasteiger partial charge >= 0.3 is 39.5 Å². The van der Waals surface area contributed by atoms with E-state index < -0.39 is 97.5 Å². The Balaban J connectivity index is 5.36. The largest absolute Gasteiger partial charge is 0.472 e. The highest BCUT2D eigenvalue weighted by Crippen LogP contribution is 2.45. The summed E-state index contributed by atoms with van der Waals surface area (Å²) in [6.07, 6.45) is 71.6. The van der Waals surface area contributed by atoms with Crippen LogP contribution >= 0.6 is 15.6 Å². The van der Waals surface area contributed by atoms with Crippen LogP contribution in [0.3, 0.4) is 0 Å². The minimum Gasteiger partial charge on any atom is -0.462 e. The maximum absolute atomic E-state index is 13.1.